The Labute approximate surface area is 190 Å². The van der Waals surface area contributed by atoms with Crippen LogP contribution in [-0.2, 0) is 10.5 Å². The van der Waals surface area contributed by atoms with Gasteiger partial charge in [0.05, 0.1) is 23.3 Å². The van der Waals surface area contributed by atoms with E-state index >= 15 is 0 Å². The SMILES string of the molecule is O=C(CN1CCN(C(=O)c2ccccc2SCc2cscn2)CC1)Nc1ccccc1. The lowest BCUT2D eigenvalue weighted by Crippen LogP contribution is -2.50. The molecule has 8 heteroatoms. The predicted molar refractivity (Wildman–Crippen MR) is 126 cm³/mol. The number of nitrogens with zero attached hydrogens (tertiary/aromatic N) is 3. The van der Waals surface area contributed by atoms with E-state index in [0.29, 0.717) is 32.7 Å². The molecule has 1 aliphatic rings. The van der Waals surface area contributed by atoms with E-state index in [0.717, 1.165) is 27.6 Å². The first-order valence-corrected chi connectivity index (χ1v) is 12.1. The van der Waals surface area contributed by atoms with Crippen LogP contribution in [0, 0.1) is 0 Å². The van der Waals surface area contributed by atoms with Crippen LogP contribution >= 0.6 is 23.1 Å². The minimum atomic E-state index is -0.0326. The average Bonchev–Trinajstić information content (AvgIpc) is 3.32. The van der Waals surface area contributed by atoms with Gasteiger partial charge in [0.1, 0.15) is 0 Å². The molecule has 1 aromatic heterocycles. The van der Waals surface area contributed by atoms with E-state index in [1.54, 1.807) is 23.1 Å². The molecular weight excluding hydrogens is 428 g/mol. The largest absolute Gasteiger partial charge is 0.336 e. The first kappa shape index (κ1) is 21.5. The number of hydrogen-bond acceptors (Lipinski definition) is 6. The van der Waals surface area contributed by atoms with Crippen molar-refractivity contribution in [3.63, 3.8) is 0 Å². The second-order valence-electron chi connectivity index (χ2n) is 7.25. The summed E-state index contributed by atoms with van der Waals surface area (Å²) in [5.74, 6) is 0.766. The summed E-state index contributed by atoms with van der Waals surface area (Å²) >= 11 is 3.22. The van der Waals surface area contributed by atoms with Gasteiger partial charge in [0.15, 0.2) is 0 Å². The van der Waals surface area contributed by atoms with Crippen LogP contribution in [-0.4, -0.2) is 59.3 Å². The molecule has 0 bridgehead atoms. The summed E-state index contributed by atoms with van der Waals surface area (Å²) in [5, 5.41) is 4.95. The van der Waals surface area contributed by atoms with Gasteiger partial charge in [0.25, 0.3) is 5.91 Å². The number of para-hydroxylation sites is 1. The van der Waals surface area contributed by atoms with Crippen molar-refractivity contribution in [1.82, 2.24) is 14.8 Å². The van der Waals surface area contributed by atoms with Crippen molar-refractivity contribution in [3.8, 4) is 0 Å². The van der Waals surface area contributed by atoms with Gasteiger partial charge >= 0.3 is 0 Å². The van der Waals surface area contributed by atoms with E-state index in [1.165, 1.54) is 0 Å². The highest BCUT2D eigenvalue weighted by Crippen LogP contribution is 2.27. The van der Waals surface area contributed by atoms with Crippen LogP contribution in [0.4, 0.5) is 5.69 Å². The zero-order valence-corrected chi connectivity index (χ0v) is 18.7. The molecule has 2 heterocycles. The van der Waals surface area contributed by atoms with E-state index in [2.05, 4.69) is 15.2 Å². The lowest BCUT2D eigenvalue weighted by Gasteiger charge is -2.34. The van der Waals surface area contributed by atoms with Gasteiger partial charge in [-0.25, -0.2) is 4.98 Å². The number of rotatable bonds is 7. The van der Waals surface area contributed by atoms with Gasteiger partial charge in [-0.15, -0.1) is 23.1 Å². The number of piperazine rings is 1. The Bertz CT molecular complexity index is 1000. The van der Waals surface area contributed by atoms with Crippen molar-refractivity contribution in [2.24, 2.45) is 0 Å². The summed E-state index contributed by atoms with van der Waals surface area (Å²) in [7, 11) is 0. The Kier molecular flexibility index (Phi) is 7.35. The molecular formula is C23H24N4O2S2. The third-order valence-corrected chi connectivity index (χ3v) is 6.80. The molecule has 0 radical (unpaired) electrons. The highest BCUT2D eigenvalue weighted by Gasteiger charge is 2.24. The lowest BCUT2D eigenvalue weighted by molar-refractivity contribution is -0.117. The van der Waals surface area contributed by atoms with E-state index in [1.807, 2.05) is 70.4 Å². The molecule has 0 spiro atoms. The van der Waals surface area contributed by atoms with E-state index in [4.69, 9.17) is 0 Å². The maximum Gasteiger partial charge on any atom is 0.255 e. The molecule has 1 fully saturated rings. The van der Waals surface area contributed by atoms with Gasteiger partial charge in [-0.05, 0) is 24.3 Å². The van der Waals surface area contributed by atoms with Crippen LogP contribution in [0.2, 0.25) is 0 Å². The van der Waals surface area contributed by atoms with Crippen molar-refractivity contribution in [3.05, 3.63) is 76.7 Å². The normalized spacial score (nSPS) is 14.4. The van der Waals surface area contributed by atoms with Gasteiger partial charge in [0, 0.05) is 47.9 Å². The average molecular weight is 453 g/mol. The van der Waals surface area contributed by atoms with Crippen LogP contribution in [0.15, 0.2) is 70.4 Å². The first-order chi connectivity index (χ1) is 15.2. The second-order valence-corrected chi connectivity index (χ2v) is 8.98. The number of carbonyl (C=O) groups is 2. The molecule has 6 nitrogen and oxygen atoms in total. The molecule has 4 rings (SSSR count). The molecule has 2 aromatic carbocycles. The number of benzene rings is 2. The van der Waals surface area contributed by atoms with Crippen molar-refractivity contribution in [2.75, 3.05) is 38.0 Å². The summed E-state index contributed by atoms with van der Waals surface area (Å²) in [6, 6.07) is 17.2. The Morgan fingerprint density at radius 2 is 1.74 bits per heavy atom. The number of hydrogen-bond donors (Lipinski definition) is 1. The molecule has 3 aromatic rings. The van der Waals surface area contributed by atoms with Gasteiger partial charge in [-0.2, -0.15) is 0 Å². The van der Waals surface area contributed by atoms with Gasteiger partial charge in [-0.3, -0.25) is 14.5 Å². The smallest absolute Gasteiger partial charge is 0.255 e. The summed E-state index contributed by atoms with van der Waals surface area (Å²) in [6.07, 6.45) is 0. The molecule has 1 saturated heterocycles. The fraction of sp³-hybridized carbons (Fsp3) is 0.261. The quantitative estimate of drug-likeness (QED) is 0.552. The minimum Gasteiger partial charge on any atom is -0.336 e. The van der Waals surface area contributed by atoms with Crippen LogP contribution in [0.1, 0.15) is 16.1 Å². The Morgan fingerprint density at radius 3 is 2.48 bits per heavy atom. The molecule has 0 unspecified atom stereocenters. The number of thiazole rings is 1. The van der Waals surface area contributed by atoms with Crippen LogP contribution in [0.5, 0.6) is 0 Å². The minimum absolute atomic E-state index is 0.0326. The molecule has 1 N–H and O–H groups in total. The zero-order valence-electron chi connectivity index (χ0n) is 17.1. The molecule has 0 aliphatic carbocycles. The second kappa shape index (κ2) is 10.6. The Hall–Kier alpha value is -2.68. The first-order valence-electron chi connectivity index (χ1n) is 10.1. The topological polar surface area (TPSA) is 65.5 Å². The van der Waals surface area contributed by atoms with Crippen molar-refractivity contribution >= 4 is 40.6 Å². The number of nitrogens with one attached hydrogen (secondary N) is 1. The van der Waals surface area contributed by atoms with Crippen LogP contribution in [0.3, 0.4) is 0 Å². The van der Waals surface area contributed by atoms with Crippen molar-refractivity contribution < 1.29 is 9.59 Å². The molecule has 160 valence electrons. The fourth-order valence-corrected chi connectivity index (χ4v) is 5.04. The Morgan fingerprint density at radius 1 is 1.00 bits per heavy atom. The monoisotopic (exact) mass is 452 g/mol. The van der Waals surface area contributed by atoms with Crippen LogP contribution in [0.25, 0.3) is 0 Å². The Balaban J connectivity index is 1.30. The van der Waals surface area contributed by atoms with E-state index in [-0.39, 0.29) is 11.8 Å². The number of carbonyl (C=O) groups excluding carboxylic acids is 2. The lowest BCUT2D eigenvalue weighted by atomic mass is 10.2. The number of anilines is 1. The maximum atomic E-state index is 13.2. The summed E-state index contributed by atoms with van der Waals surface area (Å²) in [5.41, 5.74) is 4.39. The van der Waals surface area contributed by atoms with Crippen LogP contribution < -0.4 is 5.32 Å². The highest BCUT2D eigenvalue weighted by molar-refractivity contribution is 7.98. The fourth-order valence-electron chi connectivity index (χ4n) is 3.43. The standard InChI is InChI=1S/C23H24N4O2S2/c28-22(25-18-6-2-1-3-7-18)14-26-10-12-27(13-11-26)23(29)20-8-4-5-9-21(20)31-16-19-15-30-17-24-19/h1-9,15,17H,10-14,16H2,(H,25,28). The van der Waals surface area contributed by atoms with Crippen molar-refractivity contribution in [1.29, 1.82) is 0 Å². The predicted octanol–water partition coefficient (Wildman–Crippen LogP) is 3.83. The summed E-state index contributed by atoms with van der Waals surface area (Å²) in [4.78, 5) is 34.7. The summed E-state index contributed by atoms with van der Waals surface area (Å²) in [6.45, 7) is 2.92. The zero-order chi connectivity index (χ0) is 21.5. The molecule has 1 aliphatic heterocycles. The third-order valence-electron chi connectivity index (χ3n) is 5.06. The molecule has 0 atom stereocenters. The maximum absolute atomic E-state index is 13.2. The van der Waals surface area contributed by atoms with E-state index < -0.39 is 0 Å². The van der Waals surface area contributed by atoms with Gasteiger partial charge in [-0.1, -0.05) is 30.3 Å². The third kappa shape index (κ3) is 5.94. The molecule has 0 saturated carbocycles. The van der Waals surface area contributed by atoms with Gasteiger partial charge in [0.2, 0.25) is 5.91 Å². The molecule has 2 amide bonds. The van der Waals surface area contributed by atoms with E-state index in [9.17, 15) is 9.59 Å². The van der Waals surface area contributed by atoms with Crippen molar-refractivity contribution in [2.45, 2.75) is 10.6 Å². The number of thioether (sulfide) groups is 1. The molecule has 31 heavy (non-hydrogen) atoms. The highest BCUT2D eigenvalue weighted by atomic mass is 32.2. The van der Waals surface area contributed by atoms with Gasteiger partial charge < -0.3 is 10.2 Å². The summed E-state index contributed by atoms with van der Waals surface area (Å²) < 4.78 is 0. The number of amides is 2. The number of aromatic nitrogens is 1.